The van der Waals surface area contributed by atoms with Gasteiger partial charge in [-0.1, -0.05) is 54.1 Å². The van der Waals surface area contributed by atoms with Crippen LogP contribution in [-0.2, 0) is 0 Å². The molecule has 0 atom stereocenters. The van der Waals surface area contributed by atoms with Gasteiger partial charge in [0, 0.05) is 5.02 Å². The van der Waals surface area contributed by atoms with Gasteiger partial charge in [-0.15, -0.1) is 0 Å². The Morgan fingerprint density at radius 3 is 2.39 bits per heavy atom. The molecule has 0 bridgehead atoms. The second-order valence-electron chi connectivity index (χ2n) is 4.52. The Hall–Kier alpha value is -1.79. The van der Waals surface area contributed by atoms with E-state index in [0.29, 0.717) is 0 Å². The molecular weight excluding hydrogens is 240 g/mol. The number of hydrogen-bond acceptors (Lipinski definition) is 0. The van der Waals surface area contributed by atoms with E-state index in [1.165, 1.54) is 27.5 Å². The maximum Gasteiger partial charge on any atom is 0.0412 e. The van der Waals surface area contributed by atoms with E-state index in [2.05, 4.69) is 55.5 Å². The molecule has 88 valence electrons. The van der Waals surface area contributed by atoms with E-state index in [1.54, 1.807) is 0 Å². The fraction of sp³-hybridized carbons (Fsp3) is 0.0588. The topological polar surface area (TPSA) is 0 Å². The maximum absolute atomic E-state index is 6.08. The minimum atomic E-state index is 0.781. The van der Waals surface area contributed by atoms with Crippen molar-refractivity contribution in [2.75, 3.05) is 0 Å². The van der Waals surface area contributed by atoms with Gasteiger partial charge in [0.15, 0.2) is 0 Å². The summed E-state index contributed by atoms with van der Waals surface area (Å²) >= 11 is 6.08. The average molecular weight is 253 g/mol. The third kappa shape index (κ3) is 2.00. The molecule has 3 aromatic carbocycles. The quantitative estimate of drug-likeness (QED) is 0.539. The van der Waals surface area contributed by atoms with E-state index in [-0.39, 0.29) is 0 Å². The Bertz CT molecular complexity index is 714. The molecule has 1 heteroatoms. The van der Waals surface area contributed by atoms with Crippen LogP contribution in [0.25, 0.3) is 21.9 Å². The molecule has 0 N–H and O–H groups in total. The molecule has 0 aliphatic heterocycles. The largest absolute Gasteiger partial charge is 0.0843 e. The number of hydrogen-bond donors (Lipinski definition) is 0. The minimum absolute atomic E-state index is 0.781. The Labute approximate surface area is 112 Å². The minimum Gasteiger partial charge on any atom is -0.0843 e. The van der Waals surface area contributed by atoms with Crippen LogP contribution in [0, 0.1) is 6.92 Å². The monoisotopic (exact) mass is 252 g/mol. The third-order valence-electron chi connectivity index (χ3n) is 3.26. The van der Waals surface area contributed by atoms with Crippen molar-refractivity contribution in [3.8, 4) is 11.1 Å². The summed E-state index contributed by atoms with van der Waals surface area (Å²) in [6.07, 6.45) is 0. The zero-order valence-electron chi connectivity index (χ0n) is 10.2. The highest BCUT2D eigenvalue weighted by atomic mass is 35.5. The van der Waals surface area contributed by atoms with E-state index in [1.807, 2.05) is 12.1 Å². The van der Waals surface area contributed by atoms with Gasteiger partial charge in [0.05, 0.1) is 0 Å². The molecule has 3 rings (SSSR count). The highest BCUT2D eigenvalue weighted by Crippen LogP contribution is 2.29. The molecule has 3 aromatic rings. The van der Waals surface area contributed by atoms with Gasteiger partial charge < -0.3 is 0 Å². The van der Waals surface area contributed by atoms with Crippen LogP contribution in [-0.4, -0.2) is 0 Å². The lowest BCUT2D eigenvalue weighted by molar-refractivity contribution is 1.46. The lowest BCUT2D eigenvalue weighted by Gasteiger charge is -2.08. The van der Waals surface area contributed by atoms with Crippen LogP contribution >= 0.6 is 11.6 Å². The van der Waals surface area contributed by atoms with E-state index in [4.69, 9.17) is 11.6 Å². The average Bonchev–Trinajstić information content (AvgIpc) is 2.41. The summed E-state index contributed by atoms with van der Waals surface area (Å²) in [7, 11) is 0. The summed E-state index contributed by atoms with van der Waals surface area (Å²) in [5.41, 5.74) is 3.66. The van der Waals surface area contributed by atoms with Crippen molar-refractivity contribution >= 4 is 22.4 Å². The summed E-state index contributed by atoms with van der Waals surface area (Å²) < 4.78 is 0. The summed E-state index contributed by atoms with van der Waals surface area (Å²) in [5, 5.41) is 3.30. The molecule has 18 heavy (non-hydrogen) atoms. The summed E-state index contributed by atoms with van der Waals surface area (Å²) in [6.45, 7) is 2.11. The van der Waals surface area contributed by atoms with Crippen LogP contribution in [0.4, 0.5) is 0 Å². The summed E-state index contributed by atoms with van der Waals surface area (Å²) in [4.78, 5) is 0. The highest BCUT2D eigenvalue weighted by Gasteiger charge is 2.03. The molecule has 0 saturated heterocycles. The second kappa shape index (κ2) is 4.47. The fourth-order valence-corrected chi connectivity index (χ4v) is 2.43. The molecule has 0 saturated carbocycles. The second-order valence-corrected chi connectivity index (χ2v) is 4.96. The maximum atomic E-state index is 6.08. The zero-order chi connectivity index (χ0) is 12.5. The first kappa shape index (κ1) is 11.3. The van der Waals surface area contributed by atoms with Crippen LogP contribution in [0.5, 0.6) is 0 Å². The van der Waals surface area contributed by atoms with Crippen molar-refractivity contribution in [1.82, 2.24) is 0 Å². The number of rotatable bonds is 1. The molecule has 0 unspecified atom stereocenters. The van der Waals surface area contributed by atoms with Gasteiger partial charge in [-0.25, -0.2) is 0 Å². The van der Waals surface area contributed by atoms with Crippen LogP contribution < -0.4 is 0 Å². The Kier molecular flexibility index (Phi) is 2.81. The number of aryl methyl sites for hydroxylation is 1. The van der Waals surface area contributed by atoms with E-state index in [0.717, 1.165) is 5.02 Å². The standard InChI is InChI=1S/C17H13Cl/c1-12-6-9-16(18)11-17(12)15-8-7-13-4-2-3-5-14(13)10-15/h2-11H,1H3. The van der Waals surface area contributed by atoms with Crippen molar-refractivity contribution in [3.05, 3.63) is 71.2 Å². The molecule has 0 nitrogen and oxygen atoms in total. The number of fused-ring (bicyclic) bond motifs is 1. The molecule has 0 aromatic heterocycles. The first-order valence-corrected chi connectivity index (χ1v) is 6.37. The zero-order valence-corrected chi connectivity index (χ0v) is 10.9. The van der Waals surface area contributed by atoms with Crippen LogP contribution in [0.1, 0.15) is 5.56 Å². The molecule has 0 radical (unpaired) electrons. The van der Waals surface area contributed by atoms with Crippen molar-refractivity contribution in [1.29, 1.82) is 0 Å². The van der Waals surface area contributed by atoms with Gasteiger partial charge in [0.2, 0.25) is 0 Å². The van der Waals surface area contributed by atoms with Gasteiger partial charge in [0.1, 0.15) is 0 Å². The van der Waals surface area contributed by atoms with Crippen molar-refractivity contribution in [2.24, 2.45) is 0 Å². The van der Waals surface area contributed by atoms with Gasteiger partial charge in [-0.05, 0) is 52.6 Å². The Morgan fingerprint density at radius 1 is 0.778 bits per heavy atom. The number of halogens is 1. The van der Waals surface area contributed by atoms with Crippen molar-refractivity contribution < 1.29 is 0 Å². The van der Waals surface area contributed by atoms with E-state index < -0.39 is 0 Å². The normalized spacial score (nSPS) is 10.8. The third-order valence-corrected chi connectivity index (χ3v) is 3.50. The first-order valence-electron chi connectivity index (χ1n) is 5.99. The Balaban J connectivity index is 2.22. The summed E-state index contributed by atoms with van der Waals surface area (Å²) in [6, 6.07) is 20.9. The van der Waals surface area contributed by atoms with Gasteiger partial charge in [-0.3, -0.25) is 0 Å². The smallest absolute Gasteiger partial charge is 0.0412 e. The predicted octanol–water partition coefficient (Wildman–Crippen LogP) is 5.47. The van der Waals surface area contributed by atoms with Crippen LogP contribution in [0.15, 0.2) is 60.7 Å². The molecule has 0 aliphatic rings. The molecule has 0 spiro atoms. The van der Waals surface area contributed by atoms with Crippen molar-refractivity contribution in [2.45, 2.75) is 6.92 Å². The molecule has 0 amide bonds. The van der Waals surface area contributed by atoms with Gasteiger partial charge >= 0.3 is 0 Å². The van der Waals surface area contributed by atoms with E-state index in [9.17, 15) is 0 Å². The highest BCUT2D eigenvalue weighted by molar-refractivity contribution is 6.30. The Morgan fingerprint density at radius 2 is 1.56 bits per heavy atom. The molecule has 0 aliphatic carbocycles. The lowest BCUT2D eigenvalue weighted by atomic mass is 9.98. The van der Waals surface area contributed by atoms with Gasteiger partial charge in [0.25, 0.3) is 0 Å². The fourth-order valence-electron chi connectivity index (χ4n) is 2.26. The molecular formula is C17H13Cl. The SMILES string of the molecule is Cc1ccc(Cl)cc1-c1ccc2ccccc2c1. The molecule has 0 fully saturated rings. The predicted molar refractivity (Wildman–Crippen MR) is 79.1 cm³/mol. The lowest BCUT2D eigenvalue weighted by Crippen LogP contribution is -1.83. The first-order chi connectivity index (χ1) is 8.74. The van der Waals surface area contributed by atoms with E-state index >= 15 is 0 Å². The molecule has 0 heterocycles. The van der Waals surface area contributed by atoms with Crippen LogP contribution in [0.3, 0.4) is 0 Å². The number of benzene rings is 3. The van der Waals surface area contributed by atoms with Gasteiger partial charge in [-0.2, -0.15) is 0 Å². The summed E-state index contributed by atoms with van der Waals surface area (Å²) in [5.74, 6) is 0. The van der Waals surface area contributed by atoms with Crippen molar-refractivity contribution in [3.63, 3.8) is 0 Å². The van der Waals surface area contributed by atoms with Crippen LogP contribution in [0.2, 0.25) is 5.02 Å².